The van der Waals surface area contributed by atoms with Crippen molar-refractivity contribution < 1.29 is 9.34 Å². The van der Waals surface area contributed by atoms with E-state index in [2.05, 4.69) is 10.4 Å². The van der Waals surface area contributed by atoms with Gasteiger partial charge in [0.2, 0.25) is 5.82 Å². The molecule has 0 saturated carbocycles. The van der Waals surface area contributed by atoms with E-state index in [1.54, 1.807) is 17.9 Å². The molecule has 0 fully saturated rings. The fourth-order valence-electron chi connectivity index (χ4n) is 2.18. The van der Waals surface area contributed by atoms with E-state index in [-0.39, 0.29) is 11.7 Å². The van der Waals surface area contributed by atoms with Gasteiger partial charge in [0, 0.05) is 19.0 Å². The molecule has 0 aliphatic rings. The first-order valence-corrected chi connectivity index (χ1v) is 6.53. The maximum Gasteiger partial charge on any atom is 0.333 e. The van der Waals surface area contributed by atoms with Crippen LogP contribution in [-0.2, 0) is 13.0 Å². The lowest BCUT2D eigenvalue weighted by molar-refractivity contribution is -0.384. The second-order valence-electron chi connectivity index (χ2n) is 4.68. The molecule has 0 aliphatic heterocycles. The van der Waals surface area contributed by atoms with Crippen LogP contribution in [0.2, 0.25) is 0 Å². The minimum absolute atomic E-state index is 0.00116. The van der Waals surface area contributed by atoms with E-state index in [0.717, 1.165) is 5.76 Å². The molecule has 0 spiro atoms. The molecule has 0 bridgehead atoms. The average molecular weight is 278 g/mol. The Balaban J connectivity index is 2.21. The topological polar surface area (TPSA) is 86.1 Å². The van der Waals surface area contributed by atoms with Crippen molar-refractivity contribution in [2.45, 2.75) is 39.8 Å². The maximum atomic E-state index is 11.2. The largest absolute Gasteiger partial charge is 0.469 e. The highest BCUT2D eigenvalue weighted by molar-refractivity contribution is 5.60. The third-order valence-electron chi connectivity index (χ3n) is 3.05. The molecular weight excluding hydrogens is 260 g/mol. The van der Waals surface area contributed by atoms with Crippen LogP contribution >= 0.6 is 0 Å². The highest BCUT2D eigenvalue weighted by Gasteiger charge is 2.25. The number of hydrogen-bond donors (Lipinski definition) is 1. The smallest absolute Gasteiger partial charge is 0.333 e. The van der Waals surface area contributed by atoms with E-state index in [1.165, 1.54) is 0 Å². The number of nitrogens with one attached hydrogen (secondary N) is 1. The monoisotopic (exact) mass is 278 g/mol. The van der Waals surface area contributed by atoms with Crippen LogP contribution in [0.1, 0.15) is 25.3 Å². The third kappa shape index (κ3) is 2.81. The summed E-state index contributed by atoms with van der Waals surface area (Å²) in [7, 11) is 0. The van der Waals surface area contributed by atoms with Gasteiger partial charge in [-0.2, -0.15) is 5.10 Å². The first-order valence-electron chi connectivity index (χ1n) is 6.53. The number of aryl methyl sites for hydroxylation is 2. The second-order valence-corrected chi connectivity index (χ2v) is 4.68. The molecule has 0 aliphatic carbocycles. The van der Waals surface area contributed by atoms with Crippen LogP contribution in [0.4, 0.5) is 11.5 Å². The third-order valence-corrected chi connectivity index (χ3v) is 3.05. The average Bonchev–Trinajstić information content (AvgIpc) is 2.97. The lowest BCUT2D eigenvalue weighted by atomic mass is 10.2. The molecule has 0 radical (unpaired) electrons. The summed E-state index contributed by atoms with van der Waals surface area (Å²) in [5.74, 6) is 1.29. The van der Waals surface area contributed by atoms with Crippen LogP contribution in [-0.4, -0.2) is 20.7 Å². The number of nitro groups is 1. The zero-order chi connectivity index (χ0) is 14.7. The van der Waals surface area contributed by atoms with Crippen molar-refractivity contribution >= 4 is 11.5 Å². The van der Waals surface area contributed by atoms with Crippen molar-refractivity contribution in [3.63, 3.8) is 0 Å². The molecule has 0 saturated heterocycles. The Hall–Kier alpha value is -2.31. The van der Waals surface area contributed by atoms with Gasteiger partial charge in [0.1, 0.15) is 11.5 Å². The molecule has 108 valence electrons. The lowest BCUT2D eigenvalue weighted by Gasteiger charge is -2.14. The highest BCUT2D eigenvalue weighted by Crippen LogP contribution is 2.29. The van der Waals surface area contributed by atoms with E-state index >= 15 is 0 Å². The molecule has 2 rings (SSSR count). The van der Waals surface area contributed by atoms with E-state index in [9.17, 15) is 10.1 Å². The van der Waals surface area contributed by atoms with E-state index < -0.39 is 4.92 Å². The summed E-state index contributed by atoms with van der Waals surface area (Å²) in [5, 5.41) is 18.5. The molecule has 7 heteroatoms. The SMILES string of the molecule is CCn1nc(C)c([N+](=O)[O-])c1NC(C)Cc1ccco1. The van der Waals surface area contributed by atoms with Gasteiger partial charge in [0.15, 0.2) is 0 Å². The van der Waals surface area contributed by atoms with Gasteiger partial charge in [-0.25, -0.2) is 4.68 Å². The van der Waals surface area contributed by atoms with Crippen LogP contribution in [0.15, 0.2) is 22.8 Å². The standard InChI is InChI=1S/C13H18N4O3/c1-4-16-13(12(17(18)19)10(3)15-16)14-9(2)8-11-6-5-7-20-11/h5-7,9,14H,4,8H2,1-3H3. The van der Waals surface area contributed by atoms with E-state index in [0.29, 0.717) is 24.5 Å². The summed E-state index contributed by atoms with van der Waals surface area (Å²) in [5.41, 5.74) is 0.461. The zero-order valence-corrected chi connectivity index (χ0v) is 11.8. The number of hydrogen-bond acceptors (Lipinski definition) is 5. The number of nitrogens with zero attached hydrogens (tertiary/aromatic N) is 3. The molecule has 0 aromatic carbocycles. The van der Waals surface area contributed by atoms with Crippen LogP contribution in [0.25, 0.3) is 0 Å². The van der Waals surface area contributed by atoms with Crippen molar-refractivity contribution in [2.24, 2.45) is 0 Å². The number of rotatable bonds is 6. The first-order chi connectivity index (χ1) is 9.52. The lowest BCUT2D eigenvalue weighted by Crippen LogP contribution is -2.21. The Morgan fingerprint density at radius 1 is 1.60 bits per heavy atom. The summed E-state index contributed by atoms with van der Waals surface area (Å²) in [6.45, 7) is 6.07. The van der Waals surface area contributed by atoms with E-state index in [1.807, 2.05) is 26.0 Å². The summed E-state index contributed by atoms with van der Waals surface area (Å²) < 4.78 is 6.90. The fraction of sp³-hybridized carbons (Fsp3) is 0.462. The summed E-state index contributed by atoms with van der Waals surface area (Å²) in [6.07, 6.45) is 2.27. The Labute approximate surface area is 116 Å². The van der Waals surface area contributed by atoms with Crippen molar-refractivity contribution in [2.75, 3.05) is 5.32 Å². The normalized spacial score (nSPS) is 12.3. The van der Waals surface area contributed by atoms with E-state index in [4.69, 9.17) is 4.42 Å². The van der Waals surface area contributed by atoms with Crippen molar-refractivity contribution in [3.05, 3.63) is 40.0 Å². The van der Waals surface area contributed by atoms with Gasteiger partial charge in [-0.3, -0.25) is 10.1 Å². The quantitative estimate of drug-likeness (QED) is 0.648. The maximum absolute atomic E-state index is 11.2. The van der Waals surface area contributed by atoms with Gasteiger partial charge >= 0.3 is 5.69 Å². The van der Waals surface area contributed by atoms with Gasteiger partial charge in [-0.05, 0) is 32.9 Å². The molecule has 7 nitrogen and oxygen atoms in total. The molecule has 2 aromatic rings. The number of aromatic nitrogens is 2. The first kappa shape index (κ1) is 14.1. The molecule has 1 atom stereocenters. The predicted octanol–water partition coefficient (Wildman–Crippen LogP) is 2.76. The summed E-state index contributed by atoms with van der Waals surface area (Å²) in [4.78, 5) is 10.8. The molecule has 2 aromatic heterocycles. The van der Waals surface area contributed by atoms with Crippen LogP contribution in [0.3, 0.4) is 0 Å². The van der Waals surface area contributed by atoms with Gasteiger partial charge in [0.05, 0.1) is 11.2 Å². The molecule has 0 amide bonds. The molecule has 1 N–H and O–H groups in total. The van der Waals surface area contributed by atoms with Gasteiger partial charge < -0.3 is 9.73 Å². The number of anilines is 1. The van der Waals surface area contributed by atoms with Crippen LogP contribution < -0.4 is 5.32 Å². The van der Waals surface area contributed by atoms with Gasteiger partial charge in [0.25, 0.3) is 0 Å². The van der Waals surface area contributed by atoms with Gasteiger partial charge in [-0.15, -0.1) is 0 Å². The van der Waals surface area contributed by atoms with Crippen LogP contribution in [0, 0.1) is 17.0 Å². The molecule has 1 unspecified atom stereocenters. The summed E-state index contributed by atoms with van der Waals surface area (Å²) in [6, 6.07) is 3.71. The highest BCUT2D eigenvalue weighted by atomic mass is 16.6. The summed E-state index contributed by atoms with van der Waals surface area (Å²) >= 11 is 0. The minimum Gasteiger partial charge on any atom is -0.469 e. The molecule has 2 heterocycles. The fourth-order valence-corrected chi connectivity index (χ4v) is 2.18. The molecular formula is C13H18N4O3. The predicted molar refractivity (Wildman–Crippen MR) is 74.8 cm³/mol. The Morgan fingerprint density at radius 2 is 2.35 bits per heavy atom. The Bertz CT molecular complexity index is 589. The van der Waals surface area contributed by atoms with Crippen molar-refractivity contribution in [3.8, 4) is 0 Å². The Kier molecular flexibility index (Phi) is 4.07. The number of furan rings is 1. The molecule has 20 heavy (non-hydrogen) atoms. The Morgan fingerprint density at radius 3 is 2.90 bits per heavy atom. The zero-order valence-electron chi connectivity index (χ0n) is 11.8. The van der Waals surface area contributed by atoms with Crippen molar-refractivity contribution in [1.29, 1.82) is 0 Å². The minimum atomic E-state index is -0.392. The van der Waals surface area contributed by atoms with Gasteiger partial charge in [-0.1, -0.05) is 0 Å². The second kappa shape index (κ2) is 5.77. The van der Waals surface area contributed by atoms with Crippen LogP contribution in [0.5, 0.6) is 0 Å². The van der Waals surface area contributed by atoms with Crippen molar-refractivity contribution in [1.82, 2.24) is 9.78 Å².